The molecule has 0 saturated heterocycles. The van der Waals surface area contributed by atoms with E-state index < -0.39 is 18.9 Å². The maximum Gasteiger partial charge on any atom is 0.515 e. The number of rotatable bonds is 5. The second-order valence-corrected chi connectivity index (χ2v) is 6.74. The summed E-state index contributed by atoms with van der Waals surface area (Å²) >= 11 is 0. The van der Waals surface area contributed by atoms with Gasteiger partial charge in [-0.1, -0.05) is 30.3 Å². The van der Waals surface area contributed by atoms with Crippen molar-refractivity contribution in [2.45, 2.75) is 12.3 Å². The molecule has 0 unspecified atom stereocenters. The molecule has 3 aromatic rings. The number of ketones is 1. The van der Waals surface area contributed by atoms with Crippen LogP contribution < -0.4 is 16.7 Å². The Morgan fingerprint density at radius 3 is 2.89 bits per heavy atom. The number of hydrogen-bond donors (Lipinski definition) is 3. The summed E-state index contributed by atoms with van der Waals surface area (Å²) < 4.78 is 4.82. The highest BCUT2D eigenvalue weighted by Gasteiger charge is 2.31. The first kappa shape index (κ1) is 18.3. The Morgan fingerprint density at radius 1 is 1.21 bits per heavy atom. The Kier molecular flexibility index (Phi) is 4.91. The first-order valence-corrected chi connectivity index (χ1v) is 8.90. The predicted molar refractivity (Wildman–Crippen MR) is 105 cm³/mol. The zero-order valence-electron chi connectivity index (χ0n) is 15.0. The van der Waals surface area contributed by atoms with Crippen LogP contribution in [0.4, 0.5) is 0 Å². The summed E-state index contributed by atoms with van der Waals surface area (Å²) in [5, 5.41) is 12.0. The Bertz CT molecular complexity index is 1070. The fourth-order valence-corrected chi connectivity index (χ4v) is 3.46. The molecule has 2 aromatic carbocycles. The predicted octanol–water partition coefficient (Wildman–Crippen LogP) is 0.451. The molecule has 0 radical (unpaired) electrons. The smallest absolute Gasteiger partial charge is 0.422 e. The minimum absolute atomic E-state index is 0.0356. The zero-order chi connectivity index (χ0) is 19.7. The lowest BCUT2D eigenvalue weighted by molar-refractivity contribution is -0.119. The van der Waals surface area contributed by atoms with Crippen LogP contribution in [0.1, 0.15) is 27.4 Å². The fourth-order valence-electron chi connectivity index (χ4n) is 3.46. The van der Waals surface area contributed by atoms with E-state index in [2.05, 4.69) is 10.5 Å². The molecular formula is C20H18BN3O4. The summed E-state index contributed by atoms with van der Waals surface area (Å²) in [5.74, 6) is -1.02. The first-order chi connectivity index (χ1) is 13.6. The highest BCUT2D eigenvalue weighted by atomic mass is 16.7. The van der Waals surface area contributed by atoms with Crippen LogP contribution in [0.5, 0.6) is 0 Å². The molecule has 140 valence electrons. The van der Waals surface area contributed by atoms with Crippen LogP contribution in [0, 0.1) is 0 Å². The maximum atomic E-state index is 12.9. The first-order valence-electron chi connectivity index (χ1n) is 8.90. The number of nitrogens with one attached hydrogen (secondary N) is 1. The second kappa shape index (κ2) is 7.51. The number of Topliss-reactive ketones (excluding diaryl/α,β-unsaturated/α-hetero) is 1. The van der Waals surface area contributed by atoms with Gasteiger partial charge in [0.05, 0.1) is 5.92 Å². The number of nitrogens with zero attached hydrogens (tertiary/aromatic N) is 1. The summed E-state index contributed by atoms with van der Waals surface area (Å²) in [5.41, 5.74) is 10.2. The van der Waals surface area contributed by atoms with Crippen LogP contribution in [0.2, 0.25) is 0 Å². The molecule has 1 aromatic heterocycles. The molecule has 0 saturated carbocycles. The van der Waals surface area contributed by atoms with Crippen LogP contribution in [-0.4, -0.2) is 35.4 Å². The van der Waals surface area contributed by atoms with Crippen molar-refractivity contribution < 1.29 is 19.4 Å². The van der Waals surface area contributed by atoms with Crippen molar-refractivity contribution in [3.8, 4) is 0 Å². The van der Waals surface area contributed by atoms with Crippen LogP contribution in [0.25, 0.3) is 10.8 Å². The minimum atomic E-state index is -1.28. The molecule has 0 spiro atoms. The van der Waals surface area contributed by atoms with Gasteiger partial charge in [-0.05, 0) is 34.1 Å². The lowest BCUT2D eigenvalue weighted by atomic mass is 9.73. The van der Waals surface area contributed by atoms with Crippen molar-refractivity contribution in [2.75, 3.05) is 6.54 Å². The average Bonchev–Trinajstić information content (AvgIpc) is 2.71. The van der Waals surface area contributed by atoms with Gasteiger partial charge >= 0.3 is 7.12 Å². The fraction of sp³-hybridized carbons (Fsp3) is 0.150. The van der Waals surface area contributed by atoms with Gasteiger partial charge in [-0.2, -0.15) is 0 Å². The van der Waals surface area contributed by atoms with Gasteiger partial charge in [0.1, 0.15) is 5.78 Å². The molecule has 1 aliphatic rings. The van der Waals surface area contributed by atoms with Gasteiger partial charge in [-0.3, -0.25) is 19.3 Å². The zero-order valence-corrected chi connectivity index (χ0v) is 15.0. The average molecular weight is 375 g/mol. The molecule has 2 heterocycles. The summed E-state index contributed by atoms with van der Waals surface area (Å²) in [6, 6.07) is 12.6. The standard InChI is InChI=1S/C20H18BN3O4/c22-10-17(14-3-4-16-18(9-14)21(27)28-24-20(16)26)19(25)8-12-1-2-15-11-23-6-5-13(15)7-12/h1-7,9,11,17,27H,8,10,22H2,(H,24,26)/t17-/m1/s1. The number of carbonyl (C=O) groups is 2. The monoisotopic (exact) mass is 375 g/mol. The highest BCUT2D eigenvalue weighted by Crippen LogP contribution is 2.21. The van der Waals surface area contributed by atoms with Crippen molar-refractivity contribution in [1.29, 1.82) is 0 Å². The van der Waals surface area contributed by atoms with Crippen molar-refractivity contribution in [2.24, 2.45) is 5.73 Å². The van der Waals surface area contributed by atoms with E-state index in [1.54, 1.807) is 30.6 Å². The Hall–Kier alpha value is -3.07. The number of amides is 1. The molecular weight excluding hydrogens is 357 g/mol. The topological polar surface area (TPSA) is 115 Å². The molecule has 0 fully saturated rings. The number of hydrogen-bond acceptors (Lipinski definition) is 6. The van der Waals surface area contributed by atoms with E-state index in [-0.39, 0.29) is 18.7 Å². The van der Waals surface area contributed by atoms with Crippen LogP contribution in [0.15, 0.2) is 54.9 Å². The molecule has 1 atom stereocenters. The van der Waals surface area contributed by atoms with Crippen molar-refractivity contribution in [3.05, 3.63) is 71.5 Å². The number of benzene rings is 2. The second-order valence-electron chi connectivity index (χ2n) is 6.74. The quantitative estimate of drug-likeness (QED) is 0.558. The van der Waals surface area contributed by atoms with Crippen LogP contribution in [-0.2, 0) is 16.0 Å². The third-order valence-corrected chi connectivity index (χ3v) is 4.96. The number of aromatic nitrogens is 1. The number of pyridine rings is 1. The van der Waals surface area contributed by atoms with Gasteiger partial charge in [0.2, 0.25) is 0 Å². The van der Waals surface area contributed by atoms with Gasteiger partial charge in [0.15, 0.2) is 0 Å². The van der Waals surface area contributed by atoms with E-state index in [4.69, 9.17) is 10.5 Å². The van der Waals surface area contributed by atoms with E-state index in [1.807, 2.05) is 24.3 Å². The number of fused-ring (bicyclic) bond motifs is 2. The third-order valence-electron chi connectivity index (χ3n) is 4.96. The molecule has 1 amide bonds. The summed E-state index contributed by atoms with van der Waals surface area (Å²) in [4.78, 5) is 28.8. The number of carbonyl (C=O) groups excluding carboxylic acids is 2. The van der Waals surface area contributed by atoms with Crippen molar-refractivity contribution in [1.82, 2.24) is 10.5 Å². The number of nitrogens with two attached hydrogens (primary N) is 1. The van der Waals surface area contributed by atoms with E-state index in [0.29, 0.717) is 16.6 Å². The lowest BCUT2D eigenvalue weighted by Gasteiger charge is -2.21. The van der Waals surface area contributed by atoms with Gasteiger partial charge in [-0.15, -0.1) is 0 Å². The van der Waals surface area contributed by atoms with Gasteiger partial charge in [-0.25, -0.2) is 5.48 Å². The van der Waals surface area contributed by atoms with E-state index in [1.165, 1.54) is 0 Å². The molecule has 0 bridgehead atoms. The van der Waals surface area contributed by atoms with Crippen LogP contribution in [0.3, 0.4) is 0 Å². The number of hydroxylamine groups is 1. The maximum absolute atomic E-state index is 12.9. The van der Waals surface area contributed by atoms with E-state index in [0.717, 1.165) is 16.3 Å². The SMILES string of the molecule is NC[C@@H](C(=O)Cc1ccc2cnccc2c1)c1ccc2c(c1)B(O)ONC2=O. The normalized spacial score (nSPS) is 14.5. The third kappa shape index (κ3) is 3.40. The molecule has 4 rings (SSSR count). The van der Waals surface area contributed by atoms with Crippen molar-refractivity contribution >= 4 is 35.0 Å². The Morgan fingerprint density at radius 2 is 2.07 bits per heavy atom. The Balaban J connectivity index is 1.60. The van der Waals surface area contributed by atoms with Gasteiger partial charge in [0.25, 0.3) is 5.91 Å². The largest absolute Gasteiger partial charge is 0.515 e. The summed E-state index contributed by atoms with van der Waals surface area (Å²) in [7, 11) is -1.28. The van der Waals surface area contributed by atoms with Crippen molar-refractivity contribution in [3.63, 3.8) is 0 Å². The Labute approximate surface area is 161 Å². The highest BCUT2D eigenvalue weighted by molar-refractivity contribution is 6.62. The van der Waals surface area contributed by atoms with Crippen LogP contribution >= 0.6 is 0 Å². The molecule has 4 N–H and O–H groups in total. The molecule has 28 heavy (non-hydrogen) atoms. The molecule has 0 aliphatic carbocycles. The summed E-state index contributed by atoms with van der Waals surface area (Å²) in [6.45, 7) is 0.123. The molecule has 1 aliphatic heterocycles. The lowest BCUT2D eigenvalue weighted by Crippen LogP contribution is -2.50. The minimum Gasteiger partial charge on any atom is -0.422 e. The van der Waals surface area contributed by atoms with E-state index >= 15 is 0 Å². The van der Waals surface area contributed by atoms with Gasteiger partial charge in [0, 0.05) is 36.3 Å². The summed E-state index contributed by atoms with van der Waals surface area (Å²) in [6.07, 6.45) is 3.73. The molecule has 8 heteroatoms. The molecule has 7 nitrogen and oxygen atoms in total. The van der Waals surface area contributed by atoms with E-state index in [9.17, 15) is 14.6 Å². The van der Waals surface area contributed by atoms with Gasteiger partial charge < -0.3 is 10.8 Å².